The summed E-state index contributed by atoms with van der Waals surface area (Å²) in [7, 11) is 0. The Hall–Kier alpha value is -2.74. The topological polar surface area (TPSA) is 130 Å². The summed E-state index contributed by atoms with van der Waals surface area (Å²) in [6.07, 6.45) is 1.46. The number of nitrogens with zero attached hydrogens (tertiary/aromatic N) is 1. The molecular weight excluding hydrogens is 364 g/mol. The van der Waals surface area contributed by atoms with Gasteiger partial charge in [0.05, 0.1) is 15.8 Å². The lowest BCUT2D eigenvalue weighted by atomic mass is 9.48. The van der Waals surface area contributed by atoms with Crippen LogP contribution in [0, 0.1) is 26.9 Å². The Morgan fingerprint density at radius 3 is 2.29 bits per heavy atom. The Bertz CT molecular complexity index is 825. The van der Waals surface area contributed by atoms with Crippen LogP contribution in [-0.2, 0) is 9.59 Å². The predicted molar refractivity (Wildman–Crippen MR) is 103 cm³/mol. The van der Waals surface area contributed by atoms with Crippen molar-refractivity contribution in [1.82, 2.24) is 5.32 Å². The number of hydrogen-bond acceptors (Lipinski definition) is 5. The Labute approximate surface area is 163 Å². The Morgan fingerprint density at radius 2 is 1.82 bits per heavy atom. The summed E-state index contributed by atoms with van der Waals surface area (Å²) in [5, 5.41) is 35.3. The molecule has 1 fully saturated rings. The maximum absolute atomic E-state index is 12.7. The molecule has 1 aliphatic rings. The van der Waals surface area contributed by atoms with Gasteiger partial charge >= 0.3 is 11.9 Å². The van der Waals surface area contributed by atoms with Gasteiger partial charge in [-0.2, -0.15) is 0 Å². The van der Waals surface area contributed by atoms with E-state index in [1.165, 1.54) is 31.2 Å². The molecule has 0 radical (unpaired) electrons. The smallest absolute Gasteiger partial charge is 0.312 e. The van der Waals surface area contributed by atoms with E-state index in [-0.39, 0.29) is 11.3 Å². The number of rotatable bonds is 6. The molecule has 1 aromatic rings. The van der Waals surface area contributed by atoms with Crippen molar-refractivity contribution < 1.29 is 24.7 Å². The van der Waals surface area contributed by atoms with Crippen molar-refractivity contribution in [3.63, 3.8) is 0 Å². The Morgan fingerprint density at radius 1 is 1.25 bits per heavy atom. The number of piperidine rings is 1. The fourth-order valence-electron chi connectivity index (χ4n) is 4.82. The number of nitrogens with one attached hydrogen (secondary N) is 1. The quantitative estimate of drug-likeness (QED) is 0.387. The van der Waals surface area contributed by atoms with E-state index < -0.39 is 51.6 Å². The zero-order valence-electron chi connectivity index (χ0n) is 16.4. The first-order valence-electron chi connectivity index (χ1n) is 9.05. The van der Waals surface area contributed by atoms with E-state index in [4.69, 9.17) is 0 Å². The van der Waals surface area contributed by atoms with Gasteiger partial charge in [-0.25, -0.2) is 0 Å². The summed E-state index contributed by atoms with van der Waals surface area (Å²) in [6, 6.07) is 4.49. The first-order valence-corrected chi connectivity index (χ1v) is 9.05. The van der Waals surface area contributed by atoms with E-state index in [9.17, 15) is 29.9 Å². The maximum Gasteiger partial charge on any atom is 0.312 e. The normalized spacial score (nSPS) is 33.6. The predicted octanol–water partition coefficient (Wildman–Crippen LogP) is 3.04. The van der Waals surface area contributed by atoms with Crippen LogP contribution in [0.4, 0.5) is 5.69 Å². The molecule has 0 amide bonds. The fourth-order valence-corrected chi connectivity index (χ4v) is 4.82. The van der Waals surface area contributed by atoms with Crippen molar-refractivity contribution in [2.75, 3.05) is 0 Å². The van der Waals surface area contributed by atoms with Gasteiger partial charge in [0.1, 0.15) is 0 Å². The number of benzene rings is 1. The first-order chi connectivity index (χ1) is 13.0. The number of carboxylic acids is 2. The van der Waals surface area contributed by atoms with E-state index in [0.717, 1.165) is 0 Å². The van der Waals surface area contributed by atoms with Gasteiger partial charge < -0.3 is 15.5 Å². The van der Waals surface area contributed by atoms with Crippen LogP contribution in [-0.4, -0.2) is 39.2 Å². The zero-order chi connectivity index (χ0) is 21.4. The third-order valence-corrected chi connectivity index (χ3v) is 6.58. The Kier molecular flexibility index (Phi) is 5.66. The SMILES string of the molecule is C=CC(C)C1(C(=O)O)C(C)NC(C)C(C)(C(=O)O)C1c1ccccc1[N+](=O)[O-]. The lowest BCUT2D eigenvalue weighted by Crippen LogP contribution is -2.70. The maximum atomic E-state index is 12.7. The van der Waals surface area contributed by atoms with Gasteiger partial charge in [0.2, 0.25) is 0 Å². The van der Waals surface area contributed by atoms with Crippen LogP contribution in [0.5, 0.6) is 0 Å². The van der Waals surface area contributed by atoms with E-state index >= 15 is 0 Å². The number of allylic oxidation sites excluding steroid dienone is 1. The van der Waals surface area contributed by atoms with Crippen molar-refractivity contribution in [2.24, 2.45) is 16.7 Å². The molecule has 2 rings (SSSR count). The van der Waals surface area contributed by atoms with Gasteiger partial charge in [0.15, 0.2) is 0 Å². The van der Waals surface area contributed by atoms with E-state index in [0.29, 0.717) is 0 Å². The molecule has 1 aliphatic heterocycles. The van der Waals surface area contributed by atoms with Crippen molar-refractivity contribution in [2.45, 2.75) is 45.7 Å². The molecule has 0 spiro atoms. The average molecular weight is 390 g/mol. The summed E-state index contributed by atoms with van der Waals surface area (Å²) in [4.78, 5) is 36.3. The number of carbonyl (C=O) groups is 2. The third kappa shape index (κ3) is 2.79. The van der Waals surface area contributed by atoms with Gasteiger partial charge in [0.25, 0.3) is 5.69 Å². The molecule has 28 heavy (non-hydrogen) atoms. The largest absolute Gasteiger partial charge is 0.481 e. The minimum absolute atomic E-state index is 0.105. The number of carboxylic acid groups (broad SMARTS) is 2. The van der Waals surface area contributed by atoms with Crippen molar-refractivity contribution >= 4 is 17.6 Å². The number of aliphatic carboxylic acids is 2. The van der Waals surface area contributed by atoms with Crippen LogP contribution in [0.15, 0.2) is 36.9 Å². The monoisotopic (exact) mass is 390 g/mol. The van der Waals surface area contributed by atoms with E-state index in [2.05, 4.69) is 11.9 Å². The second kappa shape index (κ2) is 7.35. The average Bonchev–Trinajstić information content (AvgIpc) is 2.63. The molecule has 0 bridgehead atoms. The summed E-state index contributed by atoms with van der Waals surface area (Å²) < 4.78 is 0. The molecule has 8 heteroatoms. The van der Waals surface area contributed by atoms with E-state index in [1.54, 1.807) is 26.8 Å². The molecule has 0 aromatic heterocycles. The van der Waals surface area contributed by atoms with Gasteiger partial charge in [-0.3, -0.25) is 19.7 Å². The molecule has 1 aromatic carbocycles. The number of para-hydroxylation sites is 1. The molecule has 8 nitrogen and oxygen atoms in total. The molecular formula is C20H26N2O6. The third-order valence-electron chi connectivity index (χ3n) is 6.58. The molecule has 6 unspecified atom stereocenters. The highest BCUT2D eigenvalue weighted by molar-refractivity contribution is 5.84. The first kappa shape index (κ1) is 21.6. The van der Waals surface area contributed by atoms with Crippen molar-refractivity contribution in [3.8, 4) is 0 Å². The Balaban J connectivity index is 3.02. The van der Waals surface area contributed by atoms with Crippen LogP contribution in [0.2, 0.25) is 0 Å². The molecule has 152 valence electrons. The number of hydrogen-bond donors (Lipinski definition) is 3. The molecule has 1 heterocycles. The molecule has 0 saturated carbocycles. The van der Waals surface area contributed by atoms with E-state index in [1.807, 2.05) is 0 Å². The zero-order valence-corrected chi connectivity index (χ0v) is 16.4. The van der Waals surface area contributed by atoms with Crippen LogP contribution < -0.4 is 5.32 Å². The van der Waals surface area contributed by atoms with Crippen LogP contribution >= 0.6 is 0 Å². The standard InChI is InChI=1S/C20H26N2O6/c1-6-11(2)20(18(25)26)13(4)21-12(3)19(5,17(23)24)16(20)14-9-7-8-10-15(14)22(27)28/h6-13,16,21H,1H2,2-5H3,(H,23,24)(H,25,26). The van der Waals surface area contributed by atoms with Gasteiger partial charge in [0, 0.05) is 29.6 Å². The summed E-state index contributed by atoms with van der Waals surface area (Å²) in [5.41, 5.74) is -3.46. The van der Waals surface area contributed by atoms with Crippen molar-refractivity contribution in [1.29, 1.82) is 0 Å². The molecule has 1 saturated heterocycles. The summed E-state index contributed by atoms with van der Waals surface area (Å²) in [6.45, 7) is 10.2. The minimum atomic E-state index is -1.66. The van der Waals surface area contributed by atoms with Gasteiger partial charge in [-0.15, -0.1) is 6.58 Å². The molecule has 3 N–H and O–H groups in total. The van der Waals surface area contributed by atoms with Crippen molar-refractivity contribution in [3.05, 3.63) is 52.6 Å². The van der Waals surface area contributed by atoms with Crippen LogP contribution in [0.25, 0.3) is 0 Å². The van der Waals surface area contributed by atoms with Crippen LogP contribution in [0.3, 0.4) is 0 Å². The summed E-state index contributed by atoms with van der Waals surface area (Å²) in [5.74, 6) is -4.27. The highest BCUT2D eigenvalue weighted by Gasteiger charge is 2.67. The molecule has 6 atom stereocenters. The van der Waals surface area contributed by atoms with Gasteiger partial charge in [-0.1, -0.05) is 31.2 Å². The lowest BCUT2D eigenvalue weighted by Gasteiger charge is -2.57. The fraction of sp³-hybridized carbons (Fsp3) is 0.500. The summed E-state index contributed by atoms with van der Waals surface area (Å²) >= 11 is 0. The molecule has 0 aliphatic carbocycles. The number of nitro benzene ring substituents is 1. The highest BCUT2D eigenvalue weighted by Crippen LogP contribution is 2.59. The van der Waals surface area contributed by atoms with Crippen LogP contribution in [0.1, 0.15) is 39.2 Å². The second-order valence-corrected chi connectivity index (χ2v) is 7.71. The van der Waals surface area contributed by atoms with Gasteiger partial charge in [-0.05, 0) is 26.7 Å². The lowest BCUT2D eigenvalue weighted by molar-refractivity contribution is -0.386. The minimum Gasteiger partial charge on any atom is -0.481 e. The highest BCUT2D eigenvalue weighted by atomic mass is 16.6. The second-order valence-electron chi connectivity index (χ2n) is 7.71. The number of nitro groups is 1.